The molecule has 1 aliphatic carbocycles. The van der Waals surface area contributed by atoms with E-state index in [1.807, 2.05) is 0 Å². The third kappa shape index (κ3) is 1.88. The fraction of sp³-hybridized carbons (Fsp3) is 0.357. The molecular formula is C14H13FN2O3. The van der Waals surface area contributed by atoms with Crippen molar-refractivity contribution in [3.05, 3.63) is 44.9 Å². The average Bonchev–Trinajstić information content (AvgIpc) is 3.18. The molecule has 1 aromatic heterocycles. The van der Waals surface area contributed by atoms with E-state index in [1.54, 1.807) is 0 Å². The topological polar surface area (TPSA) is 61.1 Å². The van der Waals surface area contributed by atoms with Crippen LogP contribution in [0.5, 0.6) is 0 Å². The molecule has 6 heteroatoms. The lowest BCUT2D eigenvalue weighted by Gasteiger charge is -2.12. The van der Waals surface area contributed by atoms with Gasteiger partial charge >= 0.3 is 5.69 Å². The van der Waals surface area contributed by atoms with Gasteiger partial charge in [-0.2, -0.15) is 0 Å². The van der Waals surface area contributed by atoms with Crippen molar-refractivity contribution < 1.29 is 9.18 Å². The molecule has 20 heavy (non-hydrogen) atoms. The maximum atomic E-state index is 13.9. The van der Waals surface area contributed by atoms with Crippen molar-refractivity contribution in [2.24, 2.45) is 0 Å². The molecular weight excluding hydrogens is 263 g/mol. The fourth-order valence-electron chi connectivity index (χ4n) is 2.42. The highest BCUT2D eigenvalue weighted by molar-refractivity contribution is 5.82. The Balaban J connectivity index is 2.47. The van der Waals surface area contributed by atoms with Gasteiger partial charge in [0.1, 0.15) is 11.6 Å². The standard InChI is InChI=1S/C14H13FN2O3/c1-8(18)7-16-11-4-2-3-10(15)12(11)13(19)17(14(16)20)9-5-6-9/h2-4,9H,5-7H2,1H3. The number of hydrogen-bond acceptors (Lipinski definition) is 3. The van der Waals surface area contributed by atoms with E-state index in [1.165, 1.54) is 29.7 Å². The Kier molecular flexibility index (Phi) is 2.81. The van der Waals surface area contributed by atoms with Crippen molar-refractivity contribution in [3.63, 3.8) is 0 Å². The summed E-state index contributed by atoms with van der Waals surface area (Å²) in [6.07, 6.45) is 1.46. The third-order valence-corrected chi connectivity index (χ3v) is 3.44. The van der Waals surface area contributed by atoms with Crippen molar-refractivity contribution >= 4 is 16.7 Å². The van der Waals surface area contributed by atoms with E-state index in [4.69, 9.17) is 0 Å². The highest BCUT2D eigenvalue weighted by atomic mass is 19.1. The summed E-state index contributed by atoms with van der Waals surface area (Å²) >= 11 is 0. The Morgan fingerprint density at radius 1 is 1.35 bits per heavy atom. The Labute approximate surface area is 113 Å². The molecule has 0 aliphatic heterocycles. The van der Waals surface area contributed by atoms with Crippen LogP contribution in [0.4, 0.5) is 4.39 Å². The van der Waals surface area contributed by atoms with Crippen LogP contribution < -0.4 is 11.2 Å². The summed E-state index contributed by atoms with van der Waals surface area (Å²) in [7, 11) is 0. The monoisotopic (exact) mass is 276 g/mol. The van der Waals surface area contributed by atoms with Crippen LogP contribution in [0, 0.1) is 5.82 Å². The summed E-state index contributed by atoms with van der Waals surface area (Å²) in [5, 5.41) is -0.125. The number of halogens is 1. The first-order valence-electron chi connectivity index (χ1n) is 6.43. The van der Waals surface area contributed by atoms with E-state index in [0.717, 1.165) is 17.4 Å². The number of rotatable bonds is 3. The predicted octanol–water partition coefficient (Wildman–Crippen LogP) is 1.23. The van der Waals surface area contributed by atoms with Gasteiger partial charge in [0, 0.05) is 6.04 Å². The Bertz CT molecular complexity index is 831. The third-order valence-electron chi connectivity index (χ3n) is 3.44. The zero-order chi connectivity index (χ0) is 14.4. The number of nitrogens with zero attached hydrogens (tertiary/aromatic N) is 2. The molecule has 0 N–H and O–H groups in total. The summed E-state index contributed by atoms with van der Waals surface area (Å²) in [6, 6.07) is 3.93. The van der Waals surface area contributed by atoms with Crippen molar-refractivity contribution in [1.29, 1.82) is 0 Å². The van der Waals surface area contributed by atoms with Gasteiger partial charge < -0.3 is 0 Å². The molecule has 1 fully saturated rings. The smallest absolute Gasteiger partial charge is 0.298 e. The van der Waals surface area contributed by atoms with Gasteiger partial charge in [-0.05, 0) is 31.9 Å². The highest BCUT2D eigenvalue weighted by Crippen LogP contribution is 2.32. The SMILES string of the molecule is CC(=O)Cn1c(=O)n(C2CC2)c(=O)c2c(F)cccc21. The predicted molar refractivity (Wildman–Crippen MR) is 71.4 cm³/mol. The molecule has 5 nitrogen and oxygen atoms in total. The first-order chi connectivity index (χ1) is 9.50. The van der Waals surface area contributed by atoms with E-state index < -0.39 is 17.1 Å². The Morgan fingerprint density at radius 2 is 2.05 bits per heavy atom. The molecule has 1 aromatic carbocycles. The Morgan fingerprint density at radius 3 is 2.65 bits per heavy atom. The minimum Gasteiger partial charge on any atom is -0.298 e. The van der Waals surface area contributed by atoms with Gasteiger partial charge in [0.05, 0.1) is 17.4 Å². The van der Waals surface area contributed by atoms with Crippen LogP contribution in [-0.4, -0.2) is 14.9 Å². The second-order valence-corrected chi connectivity index (χ2v) is 5.11. The minimum absolute atomic E-state index is 0.125. The van der Waals surface area contributed by atoms with Crippen molar-refractivity contribution in [2.45, 2.75) is 32.4 Å². The fourth-order valence-corrected chi connectivity index (χ4v) is 2.42. The number of carbonyl (C=O) groups excluding carboxylic acids is 1. The van der Waals surface area contributed by atoms with Gasteiger partial charge in [0.2, 0.25) is 0 Å². The van der Waals surface area contributed by atoms with Gasteiger partial charge in [0.25, 0.3) is 5.56 Å². The number of carbonyl (C=O) groups is 1. The summed E-state index contributed by atoms with van der Waals surface area (Å²) in [4.78, 5) is 36.0. The van der Waals surface area contributed by atoms with Gasteiger partial charge in [-0.25, -0.2) is 9.18 Å². The molecule has 0 radical (unpaired) electrons. The van der Waals surface area contributed by atoms with E-state index in [9.17, 15) is 18.8 Å². The molecule has 0 atom stereocenters. The second-order valence-electron chi connectivity index (χ2n) is 5.11. The normalized spacial score (nSPS) is 14.7. The van der Waals surface area contributed by atoms with Crippen LogP contribution in [-0.2, 0) is 11.3 Å². The van der Waals surface area contributed by atoms with Crippen molar-refractivity contribution in [2.75, 3.05) is 0 Å². The molecule has 1 aliphatic rings. The summed E-state index contributed by atoms with van der Waals surface area (Å²) in [5.74, 6) is -0.891. The van der Waals surface area contributed by atoms with Crippen molar-refractivity contribution in [1.82, 2.24) is 9.13 Å². The molecule has 1 heterocycles. The number of benzene rings is 1. The van der Waals surface area contributed by atoms with Gasteiger partial charge in [-0.15, -0.1) is 0 Å². The van der Waals surface area contributed by atoms with E-state index >= 15 is 0 Å². The maximum Gasteiger partial charge on any atom is 0.332 e. The minimum atomic E-state index is -0.667. The van der Waals surface area contributed by atoms with Gasteiger partial charge in [-0.3, -0.25) is 18.7 Å². The zero-order valence-electron chi connectivity index (χ0n) is 10.9. The van der Waals surface area contributed by atoms with Crippen LogP contribution in [0.3, 0.4) is 0 Å². The zero-order valence-corrected chi connectivity index (χ0v) is 10.9. The van der Waals surface area contributed by atoms with Crippen molar-refractivity contribution in [3.8, 4) is 0 Å². The molecule has 1 saturated carbocycles. The largest absolute Gasteiger partial charge is 0.332 e. The summed E-state index contributed by atoms with van der Waals surface area (Å²) in [6.45, 7) is 1.19. The quantitative estimate of drug-likeness (QED) is 0.847. The number of ketones is 1. The Hall–Kier alpha value is -2.24. The lowest BCUT2D eigenvalue weighted by atomic mass is 10.2. The van der Waals surface area contributed by atoms with E-state index in [0.29, 0.717) is 0 Å². The summed E-state index contributed by atoms with van der Waals surface area (Å²) < 4.78 is 16.2. The molecule has 0 bridgehead atoms. The van der Waals surface area contributed by atoms with Crippen LogP contribution >= 0.6 is 0 Å². The maximum absolute atomic E-state index is 13.9. The van der Waals surface area contributed by atoms with Gasteiger partial charge in [-0.1, -0.05) is 6.07 Å². The lowest BCUT2D eigenvalue weighted by Crippen LogP contribution is -2.40. The number of fused-ring (bicyclic) bond motifs is 1. The molecule has 0 saturated heterocycles. The highest BCUT2D eigenvalue weighted by Gasteiger charge is 2.29. The first kappa shape index (κ1) is 12.8. The lowest BCUT2D eigenvalue weighted by molar-refractivity contribution is -0.117. The van der Waals surface area contributed by atoms with Crippen LogP contribution in [0.2, 0.25) is 0 Å². The summed E-state index contributed by atoms with van der Waals surface area (Å²) in [5.41, 5.74) is -0.969. The second kappa shape index (κ2) is 4.40. The molecule has 3 rings (SSSR count). The first-order valence-corrected chi connectivity index (χ1v) is 6.43. The molecule has 0 unspecified atom stereocenters. The van der Waals surface area contributed by atoms with Crippen LogP contribution in [0.1, 0.15) is 25.8 Å². The van der Waals surface area contributed by atoms with Crippen LogP contribution in [0.15, 0.2) is 27.8 Å². The molecule has 0 spiro atoms. The molecule has 2 aromatic rings. The molecule has 0 amide bonds. The average molecular weight is 276 g/mol. The number of Topliss-reactive ketones (excluding diaryl/α,β-unsaturated/α-hetero) is 1. The van der Waals surface area contributed by atoms with E-state index in [-0.39, 0.29) is 29.3 Å². The van der Waals surface area contributed by atoms with E-state index in [2.05, 4.69) is 0 Å². The van der Waals surface area contributed by atoms with Crippen LogP contribution in [0.25, 0.3) is 10.9 Å². The molecule has 104 valence electrons. The number of aromatic nitrogens is 2. The number of hydrogen-bond donors (Lipinski definition) is 0. The van der Waals surface area contributed by atoms with Gasteiger partial charge in [0.15, 0.2) is 0 Å².